The number of carbonyl (C=O) groups excluding carboxylic acids is 2. The Bertz CT molecular complexity index is 632. The normalized spacial score (nSPS) is 18.7. The van der Waals surface area contributed by atoms with Crippen molar-refractivity contribution in [2.45, 2.75) is 45.6 Å². The molecule has 0 aliphatic carbocycles. The van der Waals surface area contributed by atoms with Gasteiger partial charge in [-0.2, -0.15) is 0 Å². The minimum atomic E-state index is -0.234. The Morgan fingerprint density at radius 1 is 1.04 bits per heavy atom. The van der Waals surface area contributed by atoms with E-state index in [4.69, 9.17) is 0 Å². The van der Waals surface area contributed by atoms with Crippen molar-refractivity contribution in [1.82, 2.24) is 15.5 Å². The number of rotatable bonds is 3. The van der Waals surface area contributed by atoms with Gasteiger partial charge in [0.1, 0.15) is 0 Å². The molecule has 7 heteroatoms. The van der Waals surface area contributed by atoms with Crippen LogP contribution in [0.5, 0.6) is 0 Å². The van der Waals surface area contributed by atoms with E-state index in [0.717, 1.165) is 39.0 Å². The molecule has 1 aromatic carbocycles. The van der Waals surface area contributed by atoms with Gasteiger partial charge in [-0.05, 0) is 82.3 Å². The molecule has 2 fully saturated rings. The molecule has 3 N–H and O–H groups in total. The summed E-state index contributed by atoms with van der Waals surface area (Å²) in [4.78, 5) is 26.5. The van der Waals surface area contributed by atoms with E-state index in [9.17, 15) is 9.59 Å². The third-order valence-electron chi connectivity index (χ3n) is 5.59. The fraction of sp³-hybridized carbons (Fsp3) is 0.600. The summed E-state index contributed by atoms with van der Waals surface area (Å²) in [6.07, 6.45) is 4.67. The van der Waals surface area contributed by atoms with Crippen LogP contribution in [-0.2, 0) is 0 Å². The fourth-order valence-corrected chi connectivity index (χ4v) is 3.95. The van der Waals surface area contributed by atoms with E-state index in [2.05, 4.69) is 16.0 Å². The van der Waals surface area contributed by atoms with E-state index in [-0.39, 0.29) is 30.4 Å². The lowest BCUT2D eigenvalue weighted by atomic mass is 9.71. The van der Waals surface area contributed by atoms with Crippen LogP contribution in [-0.4, -0.2) is 49.1 Å². The molecule has 2 aliphatic rings. The number of hydrogen-bond donors (Lipinski definition) is 3. The predicted molar refractivity (Wildman–Crippen MR) is 111 cm³/mol. The highest BCUT2D eigenvalue weighted by molar-refractivity contribution is 5.95. The highest BCUT2D eigenvalue weighted by Crippen LogP contribution is 2.39. The number of likely N-dealkylation sites (tertiary alicyclic amines) is 1. The van der Waals surface area contributed by atoms with E-state index >= 15 is 0 Å². The number of urea groups is 1. The van der Waals surface area contributed by atoms with Crippen LogP contribution in [0, 0.1) is 5.41 Å². The minimum Gasteiger partial charge on any atom is -0.339 e. The standard InChI is InChI=1S/C20H30N4O2.ClH/c1-15(2)22-19(26)23-17-5-3-16(4-6-17)18(25)24-13-9-20(10-14-24)7-11-21-12-8-20;/h3-6,15,21H,7-14H2,1-2H3,(H2,22,23,26);1H. The smallest absolute Gasteiger partial charge is 0.319 e. The molecular weight excluding hydrogens is 364 g/mol. The summed E-state index contributed by atoms with van der Waals surface area (Å²) in [5.74, 6) is 0.0898. The van der Waals surface area contributed by atoms with Gasteiger partial charge in [0, 0.05) is 30.4 Å². The number of nitrogens with one attached hydrogen (secondary N) is 3. The summed E-state index contributed by atoms with van der Waals surface area (Å²) in [6.45, 7) is 7.71. The average molecular weight is 395 g/mol. The van der Waals surface area contributed by atoms with E-state index in [1.807, 2.05) is 18.7 Å². The second-order valence-corrected chi connectivity index (χ2v) is 7.87. The van der Waals surface area contributed by atoms with Crippen molar-refractivity contribution in [2.75, 3.05) is 31.5 Å². The zero-order chi connectivity index (χ0) is 18.6. The van der Waals surface area contributed by atoms with Crippen molar-refractivity contribution in [3.63, 3.8) is 0 Å². The lowest BCUT2D eigenvalue weighted by Crippen LogP contribution is -2.47. The molecule has 150 valence electrons. The van der Waals surface area contributed by atoms with Crippen molar-refractivity contribution >= 4 is 30.0 Å². The lowest BCUT2D eigenvalue weighted by molar-refractivity contribution is 0.0495. The van der Waals surface area contributed by atoms with Crippen molar-refractivity contribution in [1.29, 1.82) is 0 Å². The molecule has 0 bridgehead atoms. The summed E-state index contributed by atoms with van der Waals surface area (Å²) >= 11 is 0. The summed E-state index contributed by atoms with van der Waals surface area (Å²) in [5, 5.41) is 8.99. The van der Waals surface area contributed by atoms with Crippen LogP contribution in [0.3, 0.4) is 0 Å². The Morgan fingerprint density at radius 3 is 2.19 bits per heavy atom. The molecule has 2 heterocycles. The molecule has 1 spiro atoms. The van der Waals surface area contributed by atoms with Crippen LogP contribution in [0.15, 0.2) is 24.3 Å². The van der Waals surface area contributed by atoms with Crippen LogP contribution < -0.4 is 16.0 Å². The van der Waals surface area contributed by atoms with Gasteiger partial charge in [-0.15, -0.1) is 12.4 Å². The first-order valence-corrected chi connectivity index (χ1v) is 9.65. The van der Waals surface area contributed by atoms with E-state index in [1.165, 1.54) is 12.8 Å². The fourth-order valence-electron chi connectivity index (χ4n) is 3.95. The molecule has 2 aliphatic heterocycles. The van der Waals surface area contributed by atoms with Gasteiger partial charge in [-0.3, -0.25) is 4.79 Å². The van der Waals surface area contributed by atoms with Gasteiger partial charge in [0.05, 0.1) is 0 Å². The largest absolute Gasteiger partial charge is 0.339 e. The Morgan fingerprint density at radius 2 is 1.63 bits per heavy atom. The first-order chi connectivity index (χ1) is 12.5. The third-order valence-corrected chi connectivity index (χ3v) is 5.59. The first-order valence-electron chi connectivity index (χ1n) is 9.65. The van der Waals surface area contributed by atoms with E-state index in [0.29, 0.717) is 16.7 Å². The third kappa shape index (κ3) is 5.59. The second-order valence-electron chi connectivity index (χ2n) is 7.87. The monoisotopic (exact) mass is 394 g/mol. The van der Waals surface area contributed by atoms with Crippen molar-refractivity contribution in [3.8, 4) is 0 Å². The first kappa shape index (κ1) is 21.5. The Kier molecular flexibility index (Phi) is 7.50. The molecule has 3 rings (SSSR count). The Hall–Kier alpha value is -1.79. The molecule has 0 unspecified atom stereocenters. The van der Waals surface area contributed by atoms with Gasteiger partial charge >= 0.3 is 6.03 Å². The zero-order valence-corrected chi connectivity index (χ0v) is 17.0. The van der Waals surface area contributed by atoms with Crippen LogP contribution in [0.2, 0.25) is 0 Å². The van der Waals surface area contributed by atoms with Gasteiger partial charge in [-0.1, -0.05) is 0 Å². The molecular formula is C20H31ClN4O2. The Balaban J connectivity index is 0.00000261. The van der Waals surface area contributed by atoms with Crippen molar-refractivity contribution in [2.24, 2.45) is 5.41 Å². The molecule has 27 heavy (non-hydrogen) atoms. The zero-order valence-electron chi connectivity index (χ0n) is 16.2. The van der Waals surface area contributed by atoms with Crippen LogP contribution in [0.1, 0.15) is 49.9 Å². The van der Waals surface area contributed by atoms with E-state index < -0.39 is 0 Å². The molecule has 0 saturated carbocycles. The molecule has 2 saturated heterocycles. The summed E-state index contributed by atoms with van der Waals surface area (Å²) in [5.41, 5.74) is 1.81. The van der Waals surface area contributed by atoms with Gasteiger partial charge in [0.25, 0.3) is 5.91 Å². The SMILES string of the molecule is CC(C)NC(=O)Nc1ccc(C(=O)N2CCC3(CCNCC3)CC2)cc1.Cl. The van der Waals surface area contributed by atoms with Gasteiger partial charge in [0.15, 0.2) is 0 Å². The molecule has 6 nitrogen and oxygen atoms in total. The maximum Gasteiger partial charge on any atom is 0.319 e. The number of nitrogens with zero attached hydrogens (tertiary/aromatic N) is 1. The van der Waals surface area contributed by atoms with Gasteiger partial charge < -0.3 is 20.9 Å². The highest BCUT2D eigenvalue weighted by atomic mass is 35.5. The average Bonchev–Trinajstić information content (AvgIpc) is 2.62. The van der Waals surface area contributed by atoms with Crippen molar-refractivity contribution in [3.05, 3.63) is 29.8 Å². The summed E-state index contributed by atoms with van der Waals surface area (Å²) in [6, 6.07) is 7.00. The predicted octanol–water partition coefficient (Wildman–Crippen LogP) is 3.24. The molecule has 0 radical (unpaired) electrons. The van der Waals surface area contributed by atoms with Crippen LogP contribution >= 0.6 is 12.4 Å². The molecule has 3 amide bonds. The number of amides is 3. The van der Waals surface area contributed by atoms with E-state index in [1.54, 1.807) is 24.3 Å². The molecule has 1 aromatic rings. The number of piperidine rings is 2. The maximum absolute atomic E-state index is 12.8. The number of hydrogen-bond acceptors (Lipinski definition) is 3. The summed E-state index contributed by atoms with van der Waals surface area (Å²) in [7, 11) is 0. The van der Waals surface area contributed by atoms with Gasteiger partial charge in [-0.25, -0.2) is 4.79 Å². The minimum absolute atomic E-state index is 0. The van der Waals surface area contributed by atoms with Crippen LogP contribution in [0.25, 0.3) is 0 Å². The number of carbonyl (C=O) groups is 2. The molecule has 0 aromatic heterocycles. The summed E-state index contributed by atoms with van der Waals surface area (Å²) < 4.78 is 0. The maximum atomic E-state index is 12.8. The second kappa shape index (κ2) is 9.42. The highest BCUT2D eigenvalue weighted by Gasteiger charge is 2.36. The topological polar surface area (TPSA) is 73.5 Å². The van der Waals surface area contributed by atoms with Crippen LogP contribution in [0.4, 0.5) is 10.5 Å². The molecule has 0 atom stereocenters. The Labute approximate surface area is 167 Å². The number of benzene rings is 1. The number of halogens is 1. The van der Waals surface area contributed by atoms with Crippen molar-refractivity contribution < 1.29 is 9.59 Å². The van der Waals surface area contributed by atoms with Gasteiger partial charge in [0.2, 0.25) is 0 Å². The number of anilines is 1. The lowest BCUT2D eigenvalue weighted by Gasteiger charge is -2.44. The quantitative estimate of drug-likeness (QED) is 0.736.